The summed E-state index contributed by atoms with van der Waals surface area (Å²) in [5.74, 6) is 6.53. The first-order chi connectivity index (χ1) is 7.29. The third kappa shape index (κ3) is 2.26. The number of benzene rings is 1. The van der Waals surface area contributed by atoms with Gasteiger partial charge in [0.1, 0.15) is 18.1 Å². The zero-order valence-corrected chi connectivity index (χ0v) is 8.57. The van der Waals surface area contributed by atoms with Crippen molar-refractivity contribution in [2.24, 2.45) is 5.90 Å². The standard InChI is InChI=1S/C12H13NO2/c1-9-2-4-10(5-3-9)12-7-6-11(15-12)8-14-13/h2-7H,8,13H2,1H3. The summed E-state index contributed by atoms with van der Waals surface area (Å²) < 4.78 is 5.54. The molecule has 15 heavy (non-hydrogen) atoms. The van der Waals surface area contributed by atoms with Gasteiger partial charge in [-0.2, -0.15) is 0 Å². The van der Waals surface area contributed by atoms with Crippen molar-refractivity contribution in [1.82, 2.24) is 0 Å². The summed E-state index contributed by atoms with van der Waals surface area (Å²) in [5.41, 5.74) is 2.29. The Kier molecular flexibility index (Phi) is 2.85. The van der Waals surface area contributed by atoms with Crippen LogP contribution in [0.3, 0.4) is 0 Å². The van der Waals surface area contributed by atoms with Crippen molar-refractivity contribution < 1.29 is 9.25 Å². The second-order valence-corrected chi connectivity index (χ2v) is 3.44. The van der Waals surface area contributed by atoms with E-state index in [1.807, 2.05) is 24.3 Å². The van der Waals surface area contributed by atoms with Gasteiger partial charge in [0.25, 0.3) is 0 Å². The first-order valence-electron chi connectivity index (χ1n) is 4.77. The number of furan rings is 1. The highest BCUT2D eigenvalue weighted by atomic mass is 16.6. The van der Waals surface area contributed by atoms with Crippen LogP contribution in [0.1, 0.15) is 11.3 Å². The van der Waals surface area contributed by atoms with Gasteiger partial charge in [0.15, 0.2) is 0 Å². The Hall–Kier alpha value is -1.58. The van der Waals surface area contributed by atoms with Gasteiger partial charge in [-0.25, -0.2) is 5.90 Å². The zero-order chi connectivity index (χ0) is 10.7. The molecule has 1 aromatic heterocycles. The molecule has 0 atom stereocenters. The Morgan fingerprint density at radius 1 is 1.13 bits per heavy atom. The fraction of sp³-hybridized carbons (Fsp3) is 0.167. The van der Waals surface area contributed by atoms with Crippen LogP contribution in [-0.2, 0) is 11.4 Å². The lowest BCUT2D eigenvalue weighted by atomic mass is 10.1. The number of hydrogen-bond donors (Lipinski definition) is 1. The van der Waals surface area contributed by atoms with Crippen LogP contribution in [0.2, 0.25) is 0 Å². The van der Waals surface area contributed by atoms with Crippen LogP contribution in [0.15, 0.2) is 40.8 Å². The molecule has 0 saturated carbocycles. The number of hydrogen-bond acceptors (Lipinski definition) is 3. The molecule has 0 aliphatic rings. The van der Waals surface area contributed by atoms with Crippen molar-refractivity contribution in [3.8, 4) is 11.3 Å². The Morgan fingerprint density at radius 3 is 2.53 bits per heavy atom. The quantitative estimate of drug-likeness (QED) is 0.780. The number of aryl methyl sites for hydroxylation is 1. The summed E-state index contributed by atoms with van der Waals surface area (Å²) in [7, 11) is 0. The van der Waals surface area contributed by atoms with Gasteiger partial charge in [-0.1, -0.05) is 29.8 Å². The Bertz CT molecular complexity index is 431. The van der Waals surface area contributed by atoms with E-state index in [1.165, 1.54) is 5.56 Å². The molecular formula is C12H13NO2. The van der Waals surface area contributed by atoms with E-state index in [1.54, 1.807) is 0 Å². The van der Waals surface area contributed by atoms with Gasteiger partial charge >= 0.3 is 0 Å². The Morgan fingerprint density at radius 2 is 1.87 bits per heavy atom. The molecule has 0 bridgehead atoms. The minimum atomic E-state index is 0.297. The molecule has 2 N–H and O–H groups in total. The summed E-state index contributed by atoms with van der Waals surface area (Å²) in [6.45, 7) is 2.35. The lowest BCUT2D eigenvalue weighted by Gasteiger charge is -1.97. The van der Waals surface area contributed by atoms with Crippen LogP contribution < -0.4 is 5.90 Å². The van der Waals surface area contributed by atoms with Crippen molar-refractivity contribution in [2.75, 3.05) is 0 Å². The van der Waals surface area contributed by atoms with Crippen LogP contribution in [0, 0.1) is 6.92 Å². The van der Waals surface area contributed by atoms with Crippen molar-refractivity contribution in [3.05, 3.63) is 47.7 Å². The normalized spacial score (nSPS) is 10.5. The van der Waals surface area contributed by atoms with Crippen LogP contribution in [-0.4, -0.2) is 0 Å². The Labute approximate surface area is 88.4 Å². The summed E-state index contributed by atoms with van der Waals surface area (Å²) >= 11 is 0. The summed E-state index contributed by atoms with van der Waals surface area (Å²) in [4.78, 5) is 4.50. The van der Waals surface area contributed by atoms with Crippen LogP contribution in [0.25, 0.3) is 11.3 Å². The first-order valence-corrected chi connectivity index (χ1v) is 4.77. The third-order valence-corrected chi connectivity index (χ3v) is 2.22. The maximum atomic E-state index is 5.54. The highest BCUT2D eigenvalue weighted by Crippen LogP contribution is 2.22. The van der Waals surface area contributed by atoms with E-state index < -0.39 is 0 Å². The maximum Gasteiger partial charge on any atom is 0.134 e. The molecule has 2 rings (SSSR count). The molecule has 3 heteroatoms. The first kappa shape index (κ1) is 9.96. The van der Waals surface area contributed by atoms with Crippen molar-refractivity contribution in [3.63, 3.8) is 0 Å². The molecule has 0 aliphatic heterocycles. The number of rotatable bonds is 3. The molecule has 78 valence electrons. The van der Waals surface area contributed by atoms with Gasteiger partial charge in [-0.3, -0.25) is 4.84 Å². The average molecular weight is 203 g/mol. The fourth-order valence-corrected chi connectivity index (χ4v) is 1.41. The maximum absolute atomic E-state index is 5.54. The average Bonchev–Trinajstić information content (AvgIpc) is 2.68. The highest BCUT2D eigenvalue weighted by molar-refractivity contribution is 5.57. The van der Waals surface area contributed by atoms with Gasteiger partial charge in [0.05, 0.1) is 0 Å². The largest absolute Gasteiger partial charge is 0.459 e. The van der Waals surface area contributed by atoms with Crippen molar-refractivity contribution in [1.29, 1.82) is 0 Å². The molecule has 1 heterocycles. The summed E-state index contributed by atoms with van der Waals surface area (Å²) in [6, 6.07) is 11.9. The van der Waals surface area contributed by atoms with E-state index in [0.29, 0.717) is 6.61 Å². The summed E-state index contributed by atoms with van der Waals surface area (Å²) in [6.07, 6.45) is 0. The van der Waals surface area contributed by atoms with Gasteiger partial charge in [-0.05, 0) is 19.1 Å². The van der Waals surface area contributed by atoms with Gasteiger partial charge in [0.2, 0.25) is 0 Å². The lowest BCUT2D eigenvalue weighted by Crippen LogP contribution is -1.96. The molecular weight excluding hydrogens is 190 g/mol. The molecule has 0 aliphatic carbocycles. The molecule has 0 radical (unpaired) electrons. The van der Waals surface area contributed by atoms with Crippen LogP contribution >= 0.6 is 0 Å². The third-order valence-electron chi connectivity index (χ3n) is 2.22. The topological polar surface area (TPSA) is 48.4 Å². The van der Waals surface area contributed by atoms with E-state index in [0.717, 1.165) is 17.1 Å². The molecule has 1 aromatic carbocycles. The van der Waals surface area contributed by atoms with E-state index >= 15 is 0 Å². The number of nitrogens with two attached hydrogens (primary N) is 1. The van der Waals surface area contributed by atoms with Crippen LogP contribution in [0.5, 0.6) is 0 Å². The molecule has 0 fully saturated rings. The zero-order valence-electron chi connectivity index (χ0n) is 8.57. The van der Waals surface area contributed by atoms with Gasteiger partial charge < -0.3 is 4.42 Å². The van der Waals surface area contributed by atoms with Gasteiger partial charge in [0, 0.05) is 5.56 Å². The molecule has 2 aromatic rings. The van der Waals surface area contributed by atoms with Crippen molar-refractivity contribution in [2.45, 2.75) is 13.5 Å². The van der Waals surface area contributed by atoms with E-state index in [-0.39, 0.29) is 0 Å². The Balaban J connectivity index is 2.25. The van der Waals surface area contributed by atoms with E-state index in [4.69, 9.17) is 10.3 Å². The fourth-order valence-electron chi connectivity index (χ4n) is 1.41. The monoisotopic (exact) mass is 203 g/mol. The summed E-state index contributed by atoms with van der Waals surface area (Å²) in [5, 5.41) is 0. The molecule has 0 unspecified atom stereocenters. The van der Waals surface area contributed by atoms with Crippen LogP contribution in [0.4, 0.5) is 0 Å². The van der Waals surface area contributed by atoms with E-state index in [2.05, 4.69) is 23.9 Å². The van der Waals surface area contributed by atoms with Crippen molar-refractivity contribution >= 4 is 0 Å². The van der Waals surface area contributed by atoms with Gasteiger partial charge in [-0.15, -0.1) is 0 Å². The smallest absolute Gasteiger partial charge is 0.134 e. The highest BCUT2D eigenvalue weighted by Gasteiger charge is 2.03. The minimum absolute atomic E-state index is 0.297. The SMILES string of the molecule is Cc1ccc(-c2ccc(CON)o2)cc1. The second-order valence-electron chi connectivity index (χ2n) is 3.44. The minimum Gasteiger partial charge on any atom is -0.459 e. The molecule has 3 nitrogen and oxygen atoms in total. The molecule has 0 amide bonds. The lowest BCUT2D eigenvalue weighted by molar-refractivity contribution is 0.109. The second kappa shape index (κ2) is 4.29. The predicted octanol–water partition coefficient (Wildman–Crippen LogP) is 2.65. The van der Waals surface area contributed by atoms with E-state index in [9.17, 15) is 0 Å². The molecule has 0 saturated heterocycles. The predicted molar refractivity (Wildman–Crippen MR) is 57.9 cm³/mol. The molecule has 0 spiro atoms.